The molecule has 0 fully saturated rings. The fourth-order valence-corrected chi connectivity index (χ4v) is 3.05. The summed E-state index contributed by atoms with van der Waals surface area (Å²) in [6.45, 7) is 0.836. The molecule has 0 aliphatic rings. The van der Waals surface area contributed by atoms with E-state index >= 15 is 0 Å². The topological polar surface area (TPSA) is 31.6 Å². The van der Waals surface area contributed by atoms with Crippen LogP contribution < -0.4 is 17.0 Å². The molecular formula is C10H18ClNO3Si. The number of aryl methyl sites for hydroxylation is 1. The third-order valence-corrected chi connectivity index (χ3v) is 5.09. The summed E-state index contributed by atoms with van der Waals surface area (Å²) in [6, 6.07) is 6.75. The molecule has 0 saturated heterocycles. The number of pyridine rings is 1. The van der Waals surface area contributed by atoms with Crippen molar-refractivity contribution in [1.82, 2.24) is 0 Å². The standard InChI is InChI=1S/C10H18NO3Si.ClH/c1-12-15(13-2,14-3)10-9-11-7-5-4-6-8-11;/h4-8H,9-10H2,1-3H3;1H/q+1;/p-1. The summed E-state index contributed by atoms with van der Waals surface area (Å²) in [5.74, 6) is 0. The van der Waals surface area contributed by atoms with Gasteiger partial charge < -0.3 is 25.7 Å². The van der Waals surface area contributed by atoms with Gasteiger partial charge in [0, 0.05) is 33.5 Å². The van der Waals surface area contributed by atoms with Crippen LogP contribution in [0.3, 0.4) is 0 Å². The number of nitrogens with zero attached hydrogens (tertiary/aromatic N) is 1. The maximum absolute atomic E-state index is 5.34. The highest BCUT2D eigenvalue weighted by Gasteiger charge is 2.38. The quantitative estimate of drug-likeness (QED) is 0.434. The minimum atomic E-state index is -2.42. The second-order valence-electron chi connectivity index (χ2n) is 3.16. The van der Waals surface area contributed by atoms with E-state index in [0.29, 0.717) is 0 Å². The first-order chi connectivity index (χ1) is 7.26. The molecule has 4 nitrogen and oxygen atoms in total. The molecule has 0 atom stereocenters. The van der Waals surface area contributed by atoms with E-state index in [1.54, 1.807) is 21.3 Å². The molecule has 0 radical (unpaired) electrons. The molecule has 16 heavy (non-hydrogen) atoms. The molecule has 6 heteroatoms. The monoisotopic (exact) mass is 263 g/mol. The van der Waals surface area contributed by atoms with Crippen molar-refractivity contribution in [2.75, 3.05) is 21.3 Å². The highest BCUT2D eigenvalue weighted by Crippen LogP contribution is 2.11. The van der Waals surface area contributed by atoms with E-state index in [2.05, 4.69) is 4.57 Å². The lowest BCUT2D eigenvalue weighted by molar-refractivity contribution is -0.693. The first-order valence-corrected chi connectivity index (χ1v) is 6.79. The van der Waals surface area contributed by atoms with E-state index < -0.39 is 8.80 Å². The molecule has 0 saturated carbocycles. The van der Waals surface area contributed by atoms with Crippen LogP contribution in [0.2, 0.25) is 6.04 Å². The third-order valence-electron chi connectivity index (χ3n) is 2.39. The SMILES string of the molecule is CO[Si](CC[n+]1ccccc1)(OC)OC.[Cl-]. The Morgan fingerprint density at radius 1 is 0.938 bits per heavy atom. The van der Waals surface area contributed by atoms with Gasteiger partial charge in [-0.3, -0.25) is 0 Å². The fourth-order valence-electron chi connectivity index (χ4n) is 1.41. The number of hydrogen-bond acceptors (Lipinski definition) is 3. The molecule has 0 aromatic carbocycles. The van der Waals surface area contributed by atoms with Crippen LogP contribution in [0.15, 0.2) is 30.6 Å². The van der Waals surface area contributed by atoms with E-state index in [9.17, 15) is 0 Å². The molecule has 1 rings (SSSR count). The molecule has 1 aromatic rings. The van der Waals surface area contributed by atoms with Crippen molar-refractivity contribution in [2.24, 2.45) is 0 Å². The Morgan fingerprint density at radius 3 is 1.88 bits per heavy atom. The molecule has 1 heterocycles. The van der Waals surface area contributed by atoms with Gasteiger partial charge in [-0.05, 0) is 0 Å². The van der Waals surface area contributed by atoms with Crippen molar-refractivity contribution in [3.8, 4) is 0 Å². The summed E-state index contributed by atoms with van der Waals surface area (Å²) in [7, 11) is 2.48. The number of hydrogen-bond donors (Lipinski definition) is 0. The first-order valence-electron chi connectivity index (χ1n) is 4.86. The second kappa shape index (κ2) is 7.75. The van der Waals surface area contributed by atoms with Gasteiger partial charge in [0.15, 0.2) is 18.9 Å². The van der Waals surface area contributed by atoms with Crippen LogP contribution >= 0.6 is 0 Å². The number of rotatable bonds is 6. The first kappa shape index (κ1) is 15.5. The van der Waals surface area contributed by atoms with Crippen LogP contribution in [0.4, 0.5) is 0 Å². The van der Waals surface area contributed by atoms with Crippen LogP contribution in [-0.2, 0) is 19.8 Å². The van der Waals surface area contributed by atoms with Gasteiger partial charge in [0.25, 0.3) is 0 Å². The van der Waals surface area contributed by atoms with Gasteiger partial charge in [0.1, 0.15) is 0 Å². The van der Waals surface area contributed by atoms with Crippen molar-refractivity contribution in [1.29, 1.82) is 0 Å². The van der Waals surface area contributed by atoms with Crippen molar-refractivity contribution < 1.29 is 30.3 Å². The zero-order chi connectivity index (χ0) is 11.1. The molecular weight excluding hydrogens is 246 g/mol. The molecule has 0 spiro atoms. The Labute approximate surface area is 104 Å². The Morgan fingerprint density at radius 2 is 1.44 bits per heavy atom. The summed E-state index contributed by atoms with van der Waals surface area (Å²) in [4.78, 5) is 0. The lowest BCUT2D eigenvalue weighted by Gasteiger charge is -2.22. The van der Waals surface area contributed by atoms with Gasteiger partial charge >= 0.3 is 8.80 Å². The van der Waals surface area contributed by atoms with Crippen LogP contribution in [0, 0.1) is 0 Å². The Balaban J connectivity index is 0.00000225. The smallest absolute Gasteiger partial charge is 0.506 e. The van der Waals surface area contributed by atoms with E-state index in [1.165, 1.54) is 0 Å². The minimum Gasteiger partial charge on any atom is -1.00 e. The van der Waals surface area contributed by atoms with Gasteiger partial charge in [0.2, 0.25) is 0 Å². The van der Waals surface area contributed by atoms with Crippen molar-refractivity contribution in [3.05, 3.63) is 30.6 Å². The minimum absolute atomic E-state index is 0. The normalized spacial score (nSPS) is 10.9. The van der Waals surface area contributed by atoms with Gasteiger partial charge in [-0.2, -0.15) is 0 Å². The van der Waals surface area contributed by atoms with Crippen LogP contribution in [0.25, 0.3) is 0 Å². The molecule has 1 aromatic heterocycles. The fraction of sp³-hybridized carbons (Fsp3) is 0.500. The predicted molar refractivity (Wildman–Crippen MR) is 58.2 cm³/mol. The molecule has 0 aliphatic heterocycles. The number of aromatic nitrogens is 1. The highest BCUT2D eigenvalue weighted by atomic mass is 35.5. The van der Waals surface area contributed by atoms with Crippen LogP contribution in [0.1, 0.15) is 0 Å². The molecule has 0 N–H and O–H groups in total. The van der Waals surface area contributed by atoms with Gasteiger partial charge in [-0.1, -0.05) is 6.07 Å². The molecule has 92 valence electrons. The predicted octanol–water partition coefficient (Wildman–Crippen LogP) is -2.14. The van der Waals surface area contributed by atoms with E-state index in [4.69, 9.17) is 13.3 Å². The Bertz CT molecular complexity index is 274. The lowest BCUT2D eigenvalue weighted by Crippen LogP contribution is -3.00. The summed E-state index contributed by atoms with van der Waals surface area (Å²) >= 11 is 0. The number of halogens is 1. The van der Waals surface area contributed by atoms with Crippen LogP contribution in [0.5, 0.6) is 0 Å². The van der Waals surface area contributed by atoms with Crippen LogP contribution in [-0.4, -0.2) is 30.1 Å². The molecule has 0 amide bonds. The average molecular weight is 264 g/mol. The summed E-state index contributed by atoms with van der Waals surface area (Å²) in [5, 5.41) is 0. The maximum atomic E-state index is 5.34. The third kappa shape index (κ3) is 4.19. The zero-order valence-electron chi connectivity index (χ0n) is 9.85. The Kier molecular flexibility index (Phi) is 7.53. The maximum Gasteiger partial charge on any atom is 0.506 e. The largest absolute Gasteiger partial charge is 1.00 e. The summed E-state index contributed by atoms with van der Waals surface area (Å²) in [6.07, 6.45) is 4.03. The van der Waals surface area contributed by atoms with Crippen molar-refractivity contribution >= 4 is 8.80 Å². The van der Waals surface area contributed by atoms with Gasteiger partial charge in [-0.15, -0.1) is 0 Å². The van der Waals surface area contributed by atoms with E-state index in [1.807, 2.05) is 30.6 Å². The highest BCUT2D eigenvalue weighted by molar-refractivity contribution is 6.60. The lowest BCUT2D eigenvalue weighted by atomic mass is 10.5. The molecule has 0 aliphatic carbocycles. The summed E-state index contributed by atoms with van der Waals surface area (Å²) < 4.78 is 18.1. The molecule has 0 unspecified atom stereocenters. The van der Waals surface area contributed by atoms with Gasteiger partial charge in [0.05, 0.1) is 6.04 Å². The van der Waals surface area contributed by atoms with Gasteiger partial charge in [-0.25, -0.2) is 4.57 Å². The summed E-state index contributed by atoms with van der Waals surface area (Å²) in [5.41, 5.74) is 0. The zero-order valence-corrected chi connectivity index (χ0v) is 11.6. The Hall–Kier alpha value is -0.463. The van der Waals surface area contributed by atoms with Crippen molar-refractivity contribution in [2.45, 2.75) is 12.6 Å². The van der Waals surface area contributed by atoms with E-state index in [-0.39, 0.29) is 12.4 Å². The van der Waals surface area contributed by atoms with E-state index in [0.717, 1.165) is 12.6 Å². The second-order valence-corrected chi connectivity index (χ2v) is 6.25. The van der Waals surface area contributed by atoms with Crippen molar-refractivity contribution in [3.63, 3.8) is 0 Å². The average Bonchev–Trinajstić information content (AvgIpc) is 2.33. The molecule has 0 bridgehead atoms.